The van der Waals surface area contributed by atoms with Crippen LogP contribution in [0, 0.1) is 6.92 Å². The molecule has 0 atom stereocenters. The second-order valence-corrected chi connectivity index (χ2v) is 7.05. The van der Waals surface area contributed by atoms with Gasteiger partial charge in [-0.15, -0.1) is 0 Å². The summed E-state index contributed by atoms with van der Waals surface area (Å²) in [5.74, 6) is -0.510. The fraction of sp³-hybridized carbons (Fsp3) is 0.0417. The van der Waals surface area contributed by atoms with Gasteiger partial charge in [-0.1, -0.05) is 30.3 Å². The van der Waals surface area contributed by atoms with Crippen molar-refractivity contribution in [1.29, 1.82) is 0 Å². The number of hydrogen-bond acceptors (Lipinski definition) is 4. The van der Waals surface area contributed by atoms with Gasteiger partial charge in [-0.3, -0.25) is 9.59 Å². The molecule has 0 radical (unpaired) electrons. The Bertz CT molecular complexity index is 1450. The zero-order valence-corrected chi connectivity index (χ0v) is 16.1. The van der Waals surface area contributed by atoms with Crippen LogP contribution in [0.25, 0.3) is 27.9 Å². The Hall–Kier alpha value is -4.19. The second kappa shape index (κ2) is 7.00. The molecule has 5 aromatic rings. The number of amides is 1. The lowest BCUT2D eigenvalue weighted by atomic mass is 10.1. The number of anilines is 1. The molecule has 5 rings (SSSR count). The molecule has 6 nitrogen and oxygen atoms in total. The standard InChI is InChI=1S/C24H17N3O3/c1-15-9-10-16(19-14-27-11-5-4-8-23(27)25-19)12-18(15)26-24(29)22-13-20(28)17-6-2-3-7-21(17)30-22/h2-14H,1H3,(H,26,29). The summed E-state index contributed by atoms with van der Waals surface area (Å²) < 4.78 is 7.59. The first-order valence-corrected chi connectivity index (χ1v) is 9.47. The Morgan fingerprint density at radius 2 is 1.87 bits per heavy atom. The quantitative estimate of drug-likeness (QED) is 0.482. The number of nitrogens with one attached hydrogen (secondary N) is 1. The molecule has 6 heteroatoms. The number of carbonyl (C=O) groups excluding carboxylic acids is 1. The third-order valence-corrected chi connectivity index (χ3v) is 5.00. The average Bonchev–Trinajstić information content (AvgIpc) is 3.19. The number of aromatic nitrogens is 2. The summed E-state index contributed by atoms with van der Waals surface area (Å²) in [4.78, 5) is 29.7. The maximum absolute atomic E-state index is 12.8. The van der Waals surface area contributed by atoms with Crippen molar-refractivity contribution in [2.45, 2.75) is 6.92 Å². The molecule has 0 saturated carbocycles. The van der Waals surface area contributed by atoms with Crippen LogP contribution < -0.4 is 10.7 Å². The Balaban J connectivity index is 1.49. The van der Waals surface area contributed by atoms with Gasteiger partial charge in [0.05, 0.1) is 11.1 Å². The molecule has 0 bridgehead atoms. The fourth-order valence-electron chi connectivity index (χ4n) is 3.39. The van der Waals surface area contributed by atoms with E-state index < -0.39 is 5.91 Å². The van der Waals surface area contributed by atoms with Gasteiger partial charge in [-0.2, -0.15) is 0 Å². The number of benzene rings is 2. The minimum atomic E-state index is -0.479. The van der Waals surface area contributed by atoms with E-state index in [1.54, 1.807) is 24.3 Å². The molecule has 146 valence electrons. The van der Waals surface area contributed by atoms with Gasteiger partial charge in [0.1, 0.15) is 11.2 Å². The van der Waals surface area contributed by atoms with E-state index in [-0.39, 0.29) is 11.2 Å². The molecule has 0 fully saturated rings. The van der Waals surface area contributed by atoms with Crippen LogP contribution in [0.1, 0.15) is 16.1 Å². The highest BCUT2D eigenvalue weighted by molar-refractivity contribution is 6.03. The van der Waals surface area contributed by atoms with Crippen LogP contribution in [0.3, 0.4) is 0 Å². The molecule has 0 aliphatic heterocycles. The van der Waals surface area contributed by atoms with Crippen molar-refractivity contribution in [1.82, 2.24) is 9.38 Å². The van der Waals surface area contributed by atoms with E-state index in [1.807, 2.05) is 60.1 Å². The molecule has 0 aliphatic rings. The highest BCUT2D eigenvalue weighted by Gasteiger charge is 2.14. The normalized spacial score (nSPS) is 11.1. The van der Waals surface area contributed by atoms with E-state index in [4.69, 9.17) is 4.42 Å². The van der Waals surface area contributed by atoms with Gasteiger partial charge in [0.25, 0.3) is 5.91 Å². The van der Waals surface area contributed by atoms with E-state index in [0.717, 1.165) is 22.5 Å². The third kappa shape index (κ3) is 3.14. The van der Waals surface area contributed by atoms with E-state index in [0.29, 0.717) is 16.7 Å². The van der Waals surface area contributed by atoms with Crippen LogP contribution in [0.15, 0.2) is 88.3 Å². The maximum atomic E-state index is 12.8. The molecule has 3 aromatic heterocycles. The second-order valence-electron chi connectivity index (χ2n) is 7.05. The predicted molar refractivity (Wildman–Crippen MR) is 116 cm³/mol. The monoisotopic (exact) mass is 395 g/mol. The first-order valence-electron chi connectivity index (χ1n) is 9.47. The average molecular weight is 395 g/mol. The number of para-hydroxylation sites is 1. The molecule has 0 saturated heterocycles. The highest BCUT2D eigenvalue weighted by Crippen LogP contribution is 2.26. The Morgan fingerprint density at radius 1 is 1.03 bits per heavy atom. The van der Waals surface area contributed by atoms with E-state index in [2.05, 4.69) is 10.3 Å². The molecule has 1 amide bonds. The first-order chi connectivity index (χ1) is 14.6. The zero-order valence-electron chi connectivity index (χ0n) is 16.1. The van der Waals surface area contributed by atoms with Crippen molar-refractivity contribution in [2.75, 3.05) is 5.32 Å². The SMILES string of the molecule is Cc1ccc(-c2cn3ccccc3n2)cc1NC(=O)c1cc(=O)c2ccccc2o1. The number of carbonyl (C=O) groups is 1. The number of hydrogen-bond donors (Lipinski definition) is 1. The van der Waals surface area contributed by atoms with Crippen LogP contribution in [-0.4, -0.2) is 15.3 Å². The fourth-order valence-corrected chi connectivity index (χ4v) is 3.39. The van der Waals surface area contributed by atoms with Gasteiger partial charge in [0.15, 0.2) is 11.2 Å². The molecule has 0 unspecified atom stereocenters. The summed E-state index contributed by atoms with van der Waals surface area (Å²) in [7, 11) is 0. The molecule has 0 aliphatic carbocycles. The van der Waals surface area contributed by atoms with Crippen LogP contribution in [0.2, 0.25) is 0 Å². The lowest BCUT2D eigenvalue weighted by Crippen LogP contribution is -2.15. The first kappa shape index (κ1) is 17.9. The van der Waals surface area contributed by atoms with Crippen LogP contribution in [0.5, 0.6) is 0 Å². The van der Waals surface area contributed by atoms with E-state index >= 15 is 0 Å². The summed E-state index contributed by atoms with van der Waals surface area (Å²) in [5, 5.41) is 3.30. The number of nitrogens with zero attached hydrogens (tertiary/aromatic N) is 2. The highest BCUT2D eigenvalue weighted by atomic mass is 16.3. The van der Waals surface area contributed by atoms with Crippen molar-refractivity contribution < 1.29 is 9.21 Å². The van der Waals surface area contributed by atoms with Crippen LogP contribution in [0.4, 0.5) is 5.69 Å². The van der Waals surface area contributed by atoms with Gasteiger partial charge in [0.2, 0.25) is 0 Å². The number of pyridine rings is 1. The Kier molecular flexibility index (Phi) is 4.17. The minimum Gasteiger partial charge on any atom is -0.451 e. The van der Waals surface area contributed by atoms with Gasteiger partial charge in [-0.25, -0.2) is 4.98 Å². The van der Waals surface area contributed by atoms with Crippen molar-refractivity contribution in [2.24, 2.45) is 0 Å². The molecule has 1 N–H and O–H groups in total. The predicted octanol–water partition coefficient (Wildman–Crippen LogP) is 4.67. The Labute approximate surface area is 171 Å². The van der Waals surface area contributed by atoms with Crippen molar-refractivity contribution in [3.63, 3.8) is 0 Å². The topological polar surface area (TPSA) is 76.6 Å². The smallest absolute Gasteiger partial charge is 0.291 e. The summed E-state index contributed by atoms with van der Waals surface area (Å²) in [6.45, 7) is 1.90. The molecule has 0 spiro atoms. The van der Waals surface area contributed by atoms with Crippen LogP contribution in [-0.2, 0) is 0 Å². The summed E-state index contributed by atoms with van der Waals surface area (Å²) in [5.41, 5.74) is 4.16. The maximum Gasteiger partial charge on any atom is 0.291 e. The molecule has 30 heavy (non-hydrogen) atoms. The van der Waals surface area contributed by atoms with E-state index in [9.17, 15) is 9.59 Å². The van der Waals surface area contributed by atoms with Gasteiger partial charge in [-0.05, 0) is 42.8 Å². The molecular weight excluding hydrogens is 378 g/mol. The number of fused-ring (bicyclic) bond motifs is 2. The van der Waals surface area contributed by atoms with Gasteiger partial charge < -0.3 is 14.1 Å². The minimum absolute atomic E-state index is 0.0313. The molecule has 2 aromatic carbocycles. The largest absolute Gasteiger partial charge is 0.451 e. The zero-order chi connectivity index (χ0) is 20.7. The van der Waals surface area contributed by atoms with Crippen molar-refractivity contribution >= 4 is 28.2 Å². The van der Waals surface area contributed by atoms with Crippen molar-refractivity contribution in [3.05, 3.63) is 101 Å². The van der Waals surface area contributed by atoms with Crippen LogP contribution >= 0.6 is 0 Å². The molecular formula is C24H17N3O3. The van der Waals surface area contributed by atoms with Gasteiger partial charge >= 0.3 is 0 Å². The lowest BCUT2D eigenvalue weighted by molar-refractivity contribution is 0.0997. The van der Waals surface area contributed by atoms with E-state index in [1.165, 1.54) is 6.07 Å². The summed E-state index contributed by atoms with van der Waals surface area (Å²) in [6.07, 6.45) is 3.87. The summed E-state index contributed by atoms with van der Waals surface area (Å²) >= 11 is 0. The Morgan fingerprint density at radius 3 is 2.73 bits per heavy atom. The molecule has 3 heterocycles. The lowest BCUT2D eigenvalue weighted by Gasteiger charge is -2.10. The van der Waals surface area contributed by atoms with Gasteiger partial charge in [0, 0.05) is 29.7 Å². The number of imidazole rings is 1. The third-order valence-electron chi connectivity index (χ3n) is 5.00. The number of rotatable bonds is 3. The van der Waals surface area contributed by atoms with Crippen molar-refractivity contribution in [3.8, 4) is 11.3 Å². The summed E-state index contributed by atoms with van der Waals surface area (Å²) in [6, 6.07) is 19.6. The number of aryl methyl sites for hydroxylation is 1.